The summed E-state index contributed by atoms with van der Waals surface area (Å²) >= 11 is 0. The summed E-state index contributed by atoms with van der Waals surface area (Å²) in [4.78, 5) is 22.8. The fourth-order valence-corrected chi connectivity index (χ4v) is 1.99. The zero-order valence-electron chi connectivity index (χ0n) is 10.8. The number of nitrogens with zero attached hydrogens (tertiary/aromatic N) is 2. The first-order valence-corrected chi connectivity index (χ1v) is 6.16. The third-order valence-electron chi connectivity index (χ3n) is 3.04. The van der Waals surface area contributed by atoms with Crippen LogP contribution >= 0.6 is 0 Å². The molecule has 7 heteroatoms. The van der Waals surface area contributed by atoms with E-state index in [9.17, 15) is 9.70 Å². The minimum absolute atomic E-state index is 0.0547. The van der Waals surface area contributed by atoms with Crippen molar-refractivity contribution in [2.75, 3.05) is 5.32 Å². The van der Waals surface area contributed by atoms with E-state index in [2.05, 4.69) is 15.5 Å². The lowest BCUT2D eigenvalue weighted by molar-refractivity contribution is -0.729. The van der Waals surface area contributed by atoms with E-state index in [1.54, 1.807) is 30.3 Å². The lowest BCUT2D eigenvalue weighted by atomic mass is 10.2. The summed E-state index contributed by atoms with van der Waals surface area (Å²) in [5.41, 5.74) is 1.19. The number of aromatic amines is 1. The molecule has 0 atom stereocenters. The molecule has 3 N–H and O–H groups in total. The molecule has 1 amide bonds. The Bertz CT molecular complexity index is 827. The highest BCUT2D eigenvalue weighted by Crippen LogP contribution is 2.25. The van der Waals surface area contributed by atoms with Crippen LogP contribution < -0.4 is 5.32 Å². The summed E-state index contributed by atoms with van der Waals surface area (Å²) in [6, 6.07) is 13.2. The molecular formula is C14H11N4O3+. The minimum atomic E-state index is -0.308. The van der Waals surface area contributed by atoms with E-state index in [0.29, 0.717) is 22.3 Å². The van der Waals surface area contributed by atoms with Gasteiger partial charge in [0.15, 0.2) is 5.82 Å². The van der Waals surface area contributed by atoms with Gasteiger partial charge in [-0.1, -0.05) is 18.2 Å². The average Bonchev–Trinajstić information content (AvgIpc) is 2.90. The van der Waals surface area contributed by atoms with Crippen molar-refractivity contribution in [3.05, 3.63) is 59.0 Å². The number of rotatable bonds is 3. The molecule has 0 aliphatic heterocycles. The summed E-state index contributed by atoms with van der Waals surface area (Å²) in [7, 11) is 0. The number of carbonyl (C=O) groups is 1. The second-order valence-electron chi connectivity index (χ2n) is 4.40. The van der Waals surface area contributed by atoms with Crippen molar-refractivity contribution in [2.24, 2.45) is 0 Å². The number of H-pyrrole nitrogens is 1. The second kappa shape index (κ2) is 5.04. The van der Waals surface area contributed by atoms with E-state index in [-0.39, 0.29) is 16.5 Å². The van der Waals surface area contributed by atoms with E-state index in [0.717, 1.165) is 0 Å². The van der Waals surface area contributed by atoms with Gasteiger partial charge in [0.2, 0.25) is 0 Å². The quantitative estimate of drug-likeness (QED) is 0.643. The maximum atomic E-state index is 12.1. The van der Waals surface area contributed by atoms with Crippen LogP contribution in [-0.2, 0) is 0 Å². The molecule has 0 radical (unpaired) electrons. The third-order valence-corrected chi connectivity index (χ3v) is 3.04. The van der Waals surface area contributed by atoms with Crippen molar-refractivity contribution < 1.29 is 14.9 Å². The molecule has 1 aromatic heterocycles. The Hall–Kier alpha value is -3.22. The standard InChI is InChI=1S/C14H10N4O3/c19-14(9-4-2-1-3-5-9)15-13-11-8-10(18(20)21)6-7-12(11)16-17-13/h1-8H,(H2-,15,16,17,19,20,21)/p+1. The molecule has 0 saturated carbocycles. The molecule has 21 heavy (non-hydrogen) atoms. The number of amides is 1. The fraction of sp³-hybridized carbons (Fsp3) is 0. The number of carbonyl (C=O) groups excluding carboxylic acids is 1. The summed E-state index contributed by atoms with van der Waals surface area (Å²) < 4.78 is 0. The highest BCUT2D eigenvalue weighted by atomic mass is 16.6. The molecule has 1 heterocycles. The van der Waals surface area contributed by atoms with E-state index >= 15 is 0 Å². The first-order chi connectivity index (χ1) is 10.1. The molecule has 3 rings (SSSR count). The van der Waals surface area contributed by atoms with Crippen LogP contribution in [0.4, 0.5) is 11.5 Å². The van der Waals surface area contributed by atoms with Crippen molar-refractivity contribution in [2.45, 2.75) is 0 Å². The van der Waals surface area contributed by atoms with Gasteiger partial charge in [-0.3, -0.25) is 9.89 Å². The smallest absolute Gasteiger partial charge is 0.305 e. The number of anilines is 1. The Morgan fingerprint density at radius 2 is 1.95 bits per heavy atom. The van der Waals surface area contributed by atoms with Crippen LogP contribution in [-0.4, -0.2) is 26.2 Å². The maximum absolute atomic E-state index is 12.1. The Kier molecular flexibility index (Phi) is 3.07. The normalized spacial score (nSPS) is 10.5. The Balaban J connectivity index is 1.95. The van der Waals surface area contributed by atoms with Crippen LogP contribution in [0.1, 0.15) is 10.4 Å². The van der Waals surface area contributed by atoms with Gasteiger partial charge in [0.1, 0.15) is 0 Å². The van der Waals surface area contributed by atoms with Crippen molar-refractivity contribution in [3.8, 4) is 0 Å². The summed E-state index contributed by atoms with van der Waals surface area (Å²) in [5.74, 6) is -0.0139. The molecular weight excluding hydrogens is 272 g/mol. The van der Waals surface area contributed by atoms with Gasteiger partial charge in [-0.25, -0.2) is 5.21 Å². The summed E-state index contributed by atoms with van der Waals surface area (Å²) in [5, 5.41) is 18.9. The highest BCUT2D eigenvalue weighted by Gasteiger charge is 2.16. The zero-order valence-corrected chi connectivity index (χ0v) is 10.8. The predicted octanol–water partition coefficient (Wildman–Crippen LogP) is 2.61. The van der Waals surface area contributed by atoms with Gasteiger partial charge in [0, 0.05) is 17.7 Å². The average molecular weight is 283 g/mol. The molecule has 2 aromatic carbocycles. The summed E-state index contributed by atoms with van der Waals surface area (Å²) in [6.45, 7) is 0. The molecule has 0 unspecified atom stereocenters. The number of benzene rings is 2. The van der Waals surface area contributed by atoms with E-state index in [1.165, 1.54) is 12.1 Å². The van der Waals surface area contributed by atoms with Gasteiger partial charge in [0.25, 0.3) is 10.8 Å². The van der Waals surface area contributed by atoms with E-state index < -0.39 is 0 Å². The van der Waals surface area contributed by atoms with Crippen LogP contribution in [0.25, 0.3) is 10.9 Å². The molecule has 0 spiro atoms. The van der Waals surface area contributed by atoms with E-state index in [4.69, 9.17) is 5.21 Å². The van der Waals surface area contributed by atoms with Gasteiger partial charge >= 0.3 is 5.69 Å². The molecule has 0 fully saturated rings. The Morgan fingerprint density at radius 1 is 1.19 bits per heavy atom. The van der Waals surface area contributed by atoms with Crippen LogP contribution in [0.5, 0.6) is 0 Å². The fourth-order valence-electron chi connectivity index (χ4n) is 1.99. The van der Waals surface area contributed by atoms with Gasteiger partial charge < -0.3 is 5.32 Å². The lowest BCUT2D eigenvalue weighted by Crippen LogP contribution is -2.12. The molecule has 0 aliphatic rings. The highest BCUT2D eigenvalue weighted by molar-refractivity contribution is 6.08. The molecule has 7 nitrogen and oxygen atoms in total. The summed E-state index contributed by atoms with van der Waals surface area (Å²) in [6.07, 6.45) is 0. The van der Waals surface area contributed by atoms with Gasteiger partial charge in [0.05, 0.1) is 15.8 Å². The monoisotopic (exact) mass is 283 g/mol. The SMILES string of the molecule is O=C(Nc1n[nH]c2ccc([N+](=O)O)cc12)c1ccccc1. The second-order valence-corrected chi connectivity index (χ2v) is 4.40. The molecule has 0 aliphatic carbocycles. The van der Waals surface area contributed by atoms with Crippen LogP contribution in [0, 0.1) is 4.91 Å². The van der Waals surface area contributed by atoms with Crippen LogP contribution in [0.15, 0.2) is 48.5 Å². The van der Waals surface area contributed by atoms with Crippen molar-refractivity contribution in [3.63, 3.8) is 0 Å². The maximum Gasteiger partial charge on any atom is 0.317 e. The largest absolute Gasteiger partial charge is 0.317 e. The molecule has 3 aromatic rings. The molecule has 104 valence electrons. The predicted molar refractivity (Wildman–Crippen MR) is 75.6 cm³/mol. The number of fused-ring (bicyclic) bond motifs is 1. The van der Waals surface area contributed by atoms with Gasteiger partial charge in [-0.2, -0.15) is 5.10 Å². The first kappa shape index (κ1) is 12.8. The number of hydrogen-bond acceptors (Lipinski definition) is 3. The van der Waals surface area contributed by atoms with Crippen molar-refractivity contribution in [1.82, 2.24) is 10.2 Å². The van der Waals surface area contributed by atoms with Crippen LogP contribution in [0.2, 0.25) is 0 Å². The van der Waals surface area contributed by atoms with Gasteiger partial charge in [-0.05, 0) is 18.2 Å². The molecule has 0 saturated heterocycles. The third kappa shape index (κ3) is 2.44. The molecule has 0 bridgehead atoms. The van der Waals surface area contributed by atoms with E-state index in [1.807, 2.05) is 6.07 Å². The number of nitrogens with one attached hydrogen (secondary N) is 2. The number of aromatic nitrogens is 2. The lowest BCUT2D eigenvalue weighted by Gasteiger charge is -2.01. The topological polar surface area (TPSA) is 98.1 Å². The Morgan fingerprint density at radius 3 is 2.67 bits per heavy atom. The Labute approximate surface area is 118 Å². The van der Waals surface area contributed by atoms with Crippen molar-refractivity contribution in [1.29, 1.82) is 0 Å². The van der Waals surface area contributed by atoms with Gasteiger partial charge in [-0.15, -0.1) is 0 Å². The minimum Gasteiger partial charge on any atom is -0.305 e. The first-order valence-electron chi connectivity index (χ1n) is 6.16. The number of hydrogen-bond donors (Lipinski definition) is 3. The van der Waals surface area contributed by atoms with Crippen molar-refractivity contribution >= 4 is 28.3 Å². The van der Waals surface area contributed by atoms with Crippen LogP contribution in [0.3, 0.4) is 0 Å². The zero-order chi connectivity index (χ0) is 14.8.